The molecule has 0 spiro atoms. The molecular weight excluding hydrogens is 364 g/mol. The van der Waals surface area contributed by atoms with E-state index in [0.717, 1.165) is 15.8 Å². The van der Waals surface area contributed by atoms with E-state index >= 15 is 0 Å². The van der Waals surface area contributed by atoms with Crippen LogP contribution in [0.2, 0.25) is 0 Å². The van der Waals surface area contributed by atoms with E-state index in [-0.39, 0.29) is 29.1 Å². The Morgan fingerprint density at radius 3 is 2.85 bits per heavy atom. The molecule has 0 bridgehead atoms. The van der Waals surface area contributed by atoms with Gasteiger partial charge < -0.3 is 15.0 Å². The Hall–Kier alpha value is -3.06. The molecule has 1 amide bonds. The molecule has 1 aliphatic rings. The zero-order chi connectivity index (χ0) is 19.0. The summed E-state index contributed by atoms with van der Waals surface area (Å²) in [6.07, 6.45) is 1.62. The van der Waals surface area contributed by atoms with Crippen LogP contribution in [0.1, 0.15) is 27.6 Å². The lowest BCUT2D eigenvalue weighted by Gasteiger charge is -2.21. The maximum absolute atomic E-state index is 12.4. The summed E-state index contributed by atoms with van der Waals surface area (Å²) in [6, 6.07) is 12.4. The van der Waals surface area contributed by atoms with Crippen LogP contribution in [-0.2, 0) is 9.53 Å². The molecule has 2 heterocycles. The molecule has 6 nitrogen and oxygen atoms in total. The van der Waals surface area contributed by atoms with Gasteiger partial charge in [0.2, 0.25) is 11.7 Å². The van der Waals surface area contributed by atoms with Crippen LogP contribution in [0.25, 0.3) is 10.9 Å². The van der Waals surface area contributed by atoms with Crippen LogP contribution in [0.5, 0.6) is 0 Å². The molecule has 3 aromatic rings. The molecule has 0 saturated heterocycles. The SMILES string of the molecule is CC1Sc2ccc(C(=O)OCC(=O)c3c[nH]c4ccccc34)cc2NC1=O. The number of hydrogen-bond acceptors (Lipinski definition) is 5. The number of anilines is 1. The Labute approximate surface area is 159 Å². The number of ketones is 1. The first kappa shape index (κ1) is 17.4. The van der Waals surface area contributed by atoms with E-state index in [2.05, 4.69) is 10.3 Å². The number of carbonyl (C=O) groups excluding carboxylic acids is 3. The summed E-state index contributed by atoms with van der Waals surface area (Å²) in [7, 11) is 0. The summed E-state index contributed by atoms with van der Waals surface area (Å²) in [4.78, 5) is 40.4. The Morgan fingerprint density at radius 1 is 1.19 bits per heavy atom. The number of aromatic nitrogens is 1. The molecule has 136 valence electrons. The second-order valence-electron chi connectivity index (χ2n) is 6.21. The lowest BCUT2D eigenvalue weighted by atomic mass is 10.1. The molecule has 4 rings (SSSR count). The van der Waals surface area contributed by atoms with Crippen LogP contribution in [-0.4, -0.2) is 34.5 Å². The van der Waals surface area contributed by atoms with Crippen LogP contribution in [0.15, 0.2) is 53.6 Å². The number of fused-ring (bicyclic) bond motifs is 2. The number of benzene rings is 2. The highest BCUT2D eigenvalue weighted by molar-refractivity contribution is 8.00. The molecule has 2 N–H and O–H groups in total. The van der Waals surface area contributed by atoms with E-state index in [9.17, 15) is 14.4 Å². The van der Waals surface area contributed by atoms with E-state index in [4.69, 9.17) is 4.74 Å². The van der Waals surface area contributed by atoms with Crippen molar-refractivity contribution in [1.82, 2.24) is 4.98 Å². The zero-order valence-corrected chi connectivity index (χ0v) is 15.3. The van der Waals surface area contributed by atoms with Gasteiger partial charge in [0.1, 0.15) is 0 Å². The van der Waals surface area contributed by atoms with Gasteiger partial charge in [-0.05, 0) is 31.2 Å². The van der Waals surface area contributed by atoms with Gasteiger partial charge in [-0.2, -0.15) is 0 Å². The average Bonchev–Trinajstić information content (AvgIpc) is 3.10. The Kier molecular flexibility index (Phi) is 4.45. The highest BCUT2D eigenvalue weighted by Crippen LogP contribution is 2.36. The maximum atomic E-state index is 12.4. The molecule has 0 aliphatic carbocycles. The van der Waals surface area contributed by atoms with Gasteiger partial charge in [-0.25, -0.2) is 4.79 Å². The van der Waals surface area contributed by atoms with Crippen molar-refractivity contribution in [3.8, 4) is 0 Å². The van der Waals surface area contributed by atoms with Gasteiger partial charge in [0, 0.05) is 27.6 Å². The first-order valence-electron chi connectivity index (χ1n) is 8.41. The molecular formula is C20H16N2O4S. The van der Waals surface area contributed by atoms with Gasteiger partial charge in [0.05, 0.1) is 16.5 Å². The topological polar surface area (TPSA) is 88.3 Å². The molecule has 0 fully saturated rings. The number of Topliss-reactive ketones (excluding diaryl/α,β-unsaturated/α-hetero) is 1. The van der Waals surface area contributed by atoms with Crippen LogP contribution in [0, 0.1) is 0 Å². The van der Waals surface area contributed by atoms with Gasteiger partial charge in [-0.15, -0.1) is 11.8 Å². The second-order valence-corrected chi connectivity index (χ2v) is 7.59. The molecule has 27 heavy (non-hydrogen) atoms. The monoisotopic (exact) mass is 380 g/mol. The lowest BCUT2D eigenvalue weighted by Crippen LogP contribution is -2.26. The minimum Gasteiger partial charge on any atom is -0.454 e. The summed E-state index contributed by atoms with van der Waals surface area (Å²) in [5.41, 5.74) is 2.21. The van der Waals surface area contributed by atoms with Gasteiger partial charge in [0.25, 0.3) is 0 Å². The lowest BCUT2D eigenvalue weighted by molar-refractivity contribution is -0.115. The van der Waals surface area contributed by atoms with Crippen molar-refractivity contribution in [2.45, 2.75) is 17.1 Å². The third-order valence-electron chi connectivity index (χ3n) is 4.37. The fraction of sp³-hybridized carbons (Fsp3) is 0.150. The minimum absolute atomic E-state index is 0.104. The largest absolute Gasteiger partial charge is 0.454 e. The van der Waals surface area contributed by atoms with E-state index in [1.54, 1.807) is 24.4 Å². The van der Waals surface area contributed by atoms with E-state index in [0.29, 0.717) is 11.3 Å². The standard InChI is InChI=1S/C20H16N2O4S/c1-11-19(24)22-16-8-12(6-7-18(16)27-11)20(25)26-10-17(23)14-9-21-15-5-3-2-4-13(14)15/h2-9,11,21H,10H2,1H3,(H,22,24). The van der Waals surface area contributed by atoms with Crippen molar-refractivity contribution in [1.29, 1.82) is 0 Å². The summed E-state index contributed by atoms with van der Waals surface area (Å²) in [5, 5.41) is 3.39. The first-order chi connectivity index (χ1) is 13.0. The smallest absolute Gasteiger partial charge is 0.338 e. The highest BCUT2D eigenvalue weighted by atomic mass is 32.2. The minimum atomic E-state index is -0.608. The number of para-hydroxylation sites is 1. The fourth-order valence-corrected chi connectivity index (χ4v) is 3.86. The first-order valence-corrected chi connectivity index (χ1v) is 9.29. The van der Waals surface area contributed by atoms with Crippen molar-refractivity contribution in [3.05, 3.63) is 59.8 Å². The molecule has 2 aromatic carbocycles. The fourth-order valence-electron chi connectivity index (χ4n) is 2.93. The Balaban J connectivity index is 1.46. The van der Waals surface area contributed by atoms with E-state index < -0.39 is 5.97 Å². The van der Waals surface area contributed by atoms with Crippen LogP contribution < -0.4 is 5.32 Å². The number of esters is 1. The van der Waals surface area contributed by atoms with Gasteiger partial charge >= 0.3 is 5.97 Å². The van der Waals surface area contributed by atoms with Crippen molar-refractivity contribution in [2.24, 2.45) is 0 Å². The number of thioether (sulfide) groups is 1. The number of aromatic amines is 1. The molecule has 1 unspecified atom stereocenters. The van der Waals surface area contributed by atoms with E-state index in [1.807, 2.05) is 31.2 Å². The number of ether oxygens (including phenoxy) is 1. The van der Waals surface area contributed by atoms with Gasteiger partial charge in [-0.1, -0.05) is 18.2 Å². The predicted molar refractivity (Wildman–Crippen MR) is 103 cm³/mol. The maximum Gasteiger partial charge on any atom is 0.338 e. The van der Waals surface area contributed by atoms with Crippen LogP contribution >= 0.6 is 11.8 Å². The summed E-state index contributed by atoms with van der Waals surface area (Å²) >= 11 is 1.44. The third kappa shape index (κ3) is 3.33. The number of H-pyrrole nitrogens is 1. The van der Waals surface area contributed by atoms with Gasteiger partial charge in [-0.3, -0.25) is 9.59 Å². The molecule has 0 radical (unpaired) electrons. The number of amides is 1. The van der Waals surface area contributed by atoms with Gasteiger partial charge in [0.15, 0.2) is 6.61 Å². The third-order valence-corrected chi connectivity index (χ3v) is 5.55. The predicted octanol–water partition coefficient (Wildman–Crippen LogP) is 3.64. The quantitative estimate of drug-likeness (QED) is 0.533. The van der Waals surface area contributed by atoms with Crippen LogP contribution in [0.3, 0.4) is 0 Å². The average molecular weight is 380 g/mol. The number of carbonyl (C=O) groups is 3. The molecule has 0 saturated carbocycles. The molecule has 1 aliphatic heterocycles. The number of rotatable bonds is 4. The summed E-state index contributed by atoms with van der Waals surface area (Å²) in [6.45, 7) is 1.47. The van der Waals surface area contributed by atoms with E-state index in [1.165, 1.54) is 11.8 Å². The second kappa shape index (κ2) is 6.92. The highest BCUT2D eigenvalue weighted by Gasteiger charge is 2.24. The summed E-state index contributed by atoms with van der Waals surface area (Å²) in [5.74, 6) is -0.993. The van der Waals surface area contributed by atoms with Crippen molar-refractivity contribution in [2.75, 3.05) is 11.9 Å². The normalized spacial score (nSPS) is 15.9. The van der Waals surface area contributed by atoms with Crippen LogP contribution in [0.4, 0.5) is 5.69 Å². The van der Waals surface area contributed by atoms with Crippen molar-refractivity contribution in [3.63, 3.8) is 0 Å². The molecule has 1 aromatic heterocycles. The Bertz CT molecular complexity index is 1070. The summed E-state index contributed by atoms with van der Waals surface area (Å²) < 4.78 is 5.18. The van der Waals surface area contributed by atoms with Crippen molar-refractivity contribution >= 4 is 46.0 Å². The number of hydrogen-bond donors (Lipinski definition) is 2. The zero-order valence-electron chi connectivity index (χ0n) is 14.4. The molecule has 1 atom stereocenters. The van der Waals surface area contributed by atoms with Crippen molar-refractivity contribution < 1.29 is 19.1 Å². The Morgan fingerprint density at radius 2 is 2.00 bits per heavy atom. The number of nitrogens with one attached hydrogen (secondary N) is 2. The molecule has 7 heteroatoms.